The number of hydrogen-bond acceptors (Lipinski definition) is 3. The molecule has 0 aromatic rings. The van der Waals surface area contributed by atoms with Crippen LogP contribution in [0.4, 0.5) is 0 Å². The third kappa shape index (κ3) is 11.2. The molecule has 1 rings (SSSR count). The van der Waals surface area contributed by atoms with Crippen molar-refractivity contribution in [3.8, 4) is 0 Å². The van der Waals surface area contributed by atoms with E-state index >= 15 is 0 Å². The molecule has 0 saturated heterocycles. The van der Waals surface area contributed by atoms with Crippen molar-refractivity contribution in [2.24, 2.45) is 11.8 Å². The Balaban J connectivity index is 2.40. The maximum atomic E-state index is 12.4. The van der Waals surface area contributed by atoms with Gasteiger partial charge in [0.25, 0.3) is 0 Å². The van der Waals surface area contributed by atoms with Crippen molar-refractivity contribution in [2.75, 3.05) is 0 Å². The van der Waals surface area contributed by atoms with Gasteiger partial charge in [-0.25, -0.2) is 0 Å². The first-order chi connectivity index (χ1) is 13.2. The summed E-state index contributed by atoms with van der Waals surface area (Å²) in [5, 5.41) is 8.70. The van der Waals surface area contributed by atoms with Crippen LogP contribution < -0.4 is 0 Å². The lowest BCUT2D eigenvalue weighted by molar-refractivity contribution is -0.137. The van der Waals surface area contributed by atoms with E-state index in [0.29, 0.717) is 17.8 Å². The van der Waals surface area contributed by atoms with Crippen LogP contribution in [0.2, 0.25) is 0 Å². The zero-order valence-corrected chi connectivity index (χ0v) is 18.8. The number of carbonyl (C=O) groups excluding carboxylic acids is 1. The molecular weight excluding hydrogens is 352 g/mol. The van der Waals surface area contributed by atoms with E-state index in [9.17, 15) is 9.59 Å². The molecule has 1 fully saturated rings. The number of hydrogen-bond donors (Lipinski definition) is 1. The number of unbranched alkanes of at least 4 members (excludes halogenated alkanes) is 5. The van der Waals surface area contributed by atoms with Gasteiger partial charge in [0.1, 0.15) is 5.78 Å². The van der Waals surface area contributed by atoms with Gasteiger partial charge < -0.3 is 9.84 Å². The van der Waals surface area contributed by atoms with E-state index in [-0.39, 0.29) is 17.9 Å². The molecule has 164 valence electrons. The fraction of sp³-hybridized carbons (Fsp3) is 0.917. The van der Waals surface area contributed by atoms with Crippen LogP contribution in [0, 0.1) is 11.8 Å². The fourth-order valence-electron chi connectivity index (χ4n) is 4.50. The Labute approximate surface area is 172 Å². The number of rotatable bonds is 15. The van der Waals surface area contributed by atoms with Crippen LogP contribution in [0.15, 0.2) is 0 Å². The van der Waals surface area contributed by atoms with Gasteiger partial charge in [-0.15, -0.1) is 0 Å². The topological polar surface area (TPSA) is 63.6 Å². The third-order valence-corrected chi connectivity index (χ3v) is 5.91. The Hall–Kier alpha value is -0.900. The van der Waals surface area contributed by atoms with E-state index in [1.165, 1.54) is 19.3 Å². The standard InChI is InChI=1S/C24H44O4/c1-5-6-9-12-20(28-24(2,3)4)17-15-19-16-18-22(25)21(19)13-10-7-8-11-14-23(26)27/h19-21H,5-18H2,1-4H3,(H,26,27)/t19-,20?,21+/m0/s1. The Morgan fingerprint density at radius 1 is 1.07 bits per heavy atom. The molecule has 1 unspecified atom stereocenters. The molecule has 1 aliphatic rings. The zero-order valence-electron chi connectivity index (χ0n) is 18.8. The summed E-state index contributed by atoms with van der Waals surface area (Å²) in [5.41, 5.74) is -0.113. The van der Waals surface area contributed by atoms with Gasteiger partial charge in [0, 0.05) is 18.8 Å². The zero-order chi connectivity index (χ0) is 21.0. The van der Waals surface area contributed by atoms with E-state index in [1.54, 1.807) is 0 Å². The average molecular weight is 397 g/mol. The number of ether oxygens (including phenoxy) is 1. The number of carboxylic acid groups (broad SMARTS) is 1. The van der Waals surface area contributed by atoms with Crippen molar-refractivity contribution >= 4 is 11.8 Å². The molecule has 3 atom stereocenters. The number of ketones is 1. The lowest BCUT2D eigenvalue weighted by Gasteiger charge is -2.29. The lowest BCUT2D eigenvalue weighted by Crippen LogP contribution is -2.28. The second kappa shape index (κ2) is 13.3. The Morgan fingerprint density at radius 3 is 2.43 bits per heavy atom. The van der Waals surface area contributed by atoms with Crippen molar-refractivity contribution in [3.05, 3.63) is 0 Å². The largest absolute Gasteiger partial charge is 0.481 e. The van der Waals surface area contributed by atoms with Crippen LogP contribution in [-0.2, 0) is 14.3 Å². The normalized spacial score (nSPS) is 21.2. The van der Waals surface area contributed by atoms with Gasteiger partial charge in [-0.3, -0.25) is 9.59 Å². The Morgan fingerprint density at radius 2 is 1.79 bits per heavy atom. The van der Waals surface area contributed by atoms with Crippen LogP contribution in [0.5, 0.6) is 0 Å². The predicted octanol–water partition coefficient (Wildman–Crippen LogP) is 6.55. The minimum atomic E-state index is -0.711. The summed E-state index contributed by atoms with van der Waals surface area (Å²) in [6, 6.07) is 0. The summed E-state index contributed by atoms with van der Waals surface area (Å²) in [6.07, 6.45) is 14.1. The molecule has 0 aromatic heterocycles. The highest BCUT2D eigenvalue weighted by atomic mass is 16.5. The molecule has 0 heterocycles. The highest BCUT2D eigenvalue weighted by Gasteiger charge is 2.34. The summed E-state index contributed by atoms with van der Waals surface area (Å²) < 4.78 is 6.32. The monoisotopic (exact) mass is 396 g/mol. The van der Waals surface area contributed by atoms with Crippen LogP contribution in [0.1, 0.15) is 118 Å². The van der Waals surface area contributed by atoms with E-state index in [0.717, 1.165) is 64.2 Å². The first-order valence-electron chi connectivity index (χ1n) is 11.6. The quantitative estimate of drug-likeness (QED) is 0.319. The number of carbonyl (C=O) groups is 2. The maximum Gasteiger partial charge on any atom is 0.303 e. The number of aliphatic carboxylic acids is 1. The summed E-state index contributed by atoms with van der Waals surface area (Å²) >= 11 is 0. The molecule has 0 aliphatic heterocycles. The number of carboxylic acids is 1. The molecule has 4 heteroatoms. The smallest absolute Gasteiger partial charge is 0.303 e. The Kier molecular flexibility index (Phi) is 12.0. The lowest BCUT2D eigenvalue weighted by atomic mass is 9.85. The van der Waals surface area contributed by atoms with E-state index in [4.69, 9.17) is 9.84 Å². The van der Waals surface area contributed by atoms with Crippen molar-refractivity contribution in [1.29, 1.82) is 0 Å². The van der Waals surface area contributed by atoms with Gasteiger partial charge in [-0.1, -0.05) is 45.4 Å². The molecule has 0 radical (unpaired) electrons. The van der Waals surface area contributed by atoms with E-state index < -0.39 is 5.97 Å². The van der Waals surface area contributed by atoms with Gasteiger partial charge in [-0.2, -0.15) is 0 Å². The van der Waals surface area contributed by atoms with E-state index in [1.807, 2.05) is 0 Å². The summed E-state index contributed by atoms with van der Waals surface area (Å²) in [7, 11) is 0. The number of Topliss-reactive ketones (excluding diaryl/α,β-unsaturated/α-hetero) is 1. The predicted molar refractivity (Wildman–Crippen MR) is 115 cm³/mol. The molecular formula is C24H44O4. The average Bonchev–Trinajstić information content (AvgIpc) is 2.94. The second-order valence-corrected chi connectivity index (χ2v) is 9.64. The van der Waals surface area contributed by atoms with Gasteiger partial charge in [0.2, 0.25) is 0 Å². The molecule has 0 bridgehead atoms. The minimum Gasteiger partial charge on any atom is -0.481 e. The summed E-state index contributed by atoms with van der Waals surface area (Å²) in [6.45, 7) is 8.63. The third-order valence-electron chi connectivity index (χ3n) is 5.91. The second-order valence-electron chi connectivity index (χ2n) is 9.64. The molecule has 1 saturated carbocycles. The molecule has 1 N–H and O–H groups in total. The van der Waals surface area contributed by atoms with E-state index in [2.05, 4.69) is 27.7 Å². The SMILES string of the molecule is CCCCCC(CC[C@H]1CCC(=O)[C@@H]1CCCCCCC(=O)O)OC(C)(C)C. The Bertz CT molecular complexity index is 452. The molecule has 0 amide bonds. The molecule has 4 nitrogen and oxygen atoms in total. The fourth-order valence-corrected chi connectivity index (χ4v) is 4.50. The van der Waals surface area contributed by atoms with Gasteiger partial charge in [-0.05, 0) is 65.2 Å². The summed E-state index contributed by atoms with van der Waals surface area (Å²) in [4.78, 5) is 22.9. The van der Waals surface area contributed by atoms with Crippen molar-refractivity contribution in [3.63, 3.8) is 0 Å². The van der Waals surface area contributed by atoms with Gasteiger partial charge in [0.05, 0.1) is 11.7 Å². The first-order valence-corrected chi connectivity index (χ1v) is 11.6. The van der Waals surface area contributed by atoms with Crippen molar-refractivity contribution in [2.45, 2.75) is 129 Å². The minimum absolute atomic E-state index is 0.113. The van der Waals surface area contributed by atoms with Crippen LogP contribution >= 0.6 is 0 Å². The van der Waals surface area contributed by atoms with Crippen LogP contribution in [0.25, 0.3) is 0 Å². The molecule has 0 aromatic carbocycles. The molecule has 0 spiro atoms. The highest BCUT2D eigenvalue weighted by Crippen LogP contribution is 2.37. The molecule has 1 aliphatic carbocycles. The van der Waals surface area contributed by atoms with Crippen LogP contribution in [-0.4, -0.2) is 28.6 Å². The van der Waals surface area contributed by atoms with Crippen molar-refractivity contribution in [1.82, 2.24) is 0 Å². The molecule has 28 heavy (non-hydrogen) atoms. The van der Waals surface area contributed by atoms with Gasteiger partial charge in [0.15, 0.2) is 0 Å². The van der Waals surface area contributed by atoms with Crippen LogP contribution in [0.3, 0.4) is 0 Å². The van der Waals surface area contributed by atoms with Crippen molar-refractivity contribution < 1.29 is 19.4 Å². The highest BCUT2D eigenvalue weighted by molar-refractivity contribution is 5.83. The summed E-state index contributed by atoms with van der Waals surface area (Å²) in [5.74, 6) is 0.487. The first kappa shape index (κ1) is 25.1. The maximum absolute atomic E-state index is 12.4. The van der Waals surface area contributed by atoms with Gasteiger partial charge >= 0.3 is 5.97 Å².